The van der Waals surface area contributed by atoms with Crippen LogP contribution < -0.4 is 0 Å². The molecule has 1 aliphatic rings. The average Bonchev–Trinajstić information content (AvgIpc) is 2.44. The van der Waals surface area contributed by atoms with Gasteiger partial charge in [-0.3, -0.25) is 0 Å². The largest absolute Gasteiger partial charge is 0.389 e. The number of likely N-dealkylation sites (N-methyl/N-ethyl adjacent to an activating group) is 1. The Kier molecular flexibility index (Phi) is 2.55. The molecule has 0 saturated heterocycles. The van der Waals surface area contributed by atoms with Crippen molar-refractivity contribution in [2.75, 3.05) is 20.1 Å². The van der Waals surface area contributed by atoms with Gasteiger partial charge >= 0.3 is 0 Å². The lowest BCUT2D eigenvalue weighted by Crippen LogP contribution is -2.32. The molecule has 1 aliphatic carbocycles. The summed E-state index contributed by atoms with van der Waals surface area (Å²) in [6, 6.07) is 0. The minimum atomic E-state index is -0.316. The number of rotatable bonds is 4. The molecule has 0 aromatic rings. The molecule has 1 saturated carbocycles. The van der Waals surface area contributed by atoms with Crippen LogP contribution in [-0.2, 0) is 0 Å². The molecule has 1 N–H and O–H groups in total. The molecule has 2 heteroatoms. The zero-order valence-electron chi connectivity index (χ0n) is 7.80. The van der Waals surface area contributed by atoms with Gasteiger partial charge in [-0.2, -0.15) is 0 Å². The summed E-state index contributed by atoms with van der Waals surface area (Å²) in [6.07, 6.45) is 1.99. The summed E-state index contributed by atoms with van der Waals surface area (Å²) in [5.74, 6) is 0.697. The summed E-state index contributed by atoms with van der Waals surface area (Å²) in [6.45, 7) is 6.34. The van der Waals surface area contributed by atoms with Gasteiger partial charge in [0.2, 0.25) is 0 Å². The molecule has 0 bridgehead atoms. The lowest BCUT2D eigenvalue weighted by molar-refractivity contribution is 0.0989. The first-order valence-electron chi connectivity index (χ1n) is 4.43. The molecule has 0 heterocycles. The monoisotopic (exact) mass is 157 g/mol. The van der Waals surface area contributed by atoms with E-state index in [4.69, 9.17) is 0 Å². The predicted octanol–water partition coefficient (Wildman–Crippen LogP) is 1.10. The molecule has 2 nitrogen and oxygen atoms in total. The fraction of sp³-hybridized carbons (Fsp3) is 1.00. The van der Waals surface area contributed by atoms with Crippen molar-refractivity contribution in [2.45, 2.75) is 32.3 Å². The van der Waals surface area contributed by atoms with Crippen molar-refractivity contribution in [3.8, 4) is 0 Å². The third kappa shape index (κ3) is 3.21. The van der Waals surface area contributed by atoms with Crippen LogP contribution in [0.25, 0.3) is 0 Å². The molecule has 0 amide bonds. The molecule has 0 aromatic carbocycles. The first-order chi connectivity index (χ1) is 5.02. The molecular formula is C9H19NO. The Bertz CT molecular complexity index is 130. The van der Waals surface area contributed by atoms with Gasteiger partial charge in [-0.25, -0.2) is 0 Å². The van der Waals surface area contributed by atoms with Crippen molar-refractivity contribution < 1.29 is 5.11 Å². The standard InChI is InChI=1S/C9H19NO/c1-8(2)6-10(3)7-9(11)4-5-9/h8,11H,4-7H2,1-3H3. The quantitative estimate of drug-likeness (QED) is 0.660. The number of nitrogens with zero attached hydrogens (tertiary/aromatic N) is 1. The molecule has 0 aromatic heterocycles. The molecule has 0 atom stereocenters. The van der Waals surface area contributed by atoms with Crippen LogP contribution in [0, 0.1) is 5.92 Å². The first kappa shape index (κ1) is 9.01. The van der Waals surface area contributed by atoms with E-state index in [1.54, 1.807) is 0 Å². The van der Waals surface area contributed by atoms with Gasteiger partial charge in [-0.1, -0.05) is 13.8 Å². The van der Waals surface area contributed by atoms with E-state index in [9.17, 15) is 5.11 Å². The Morgan fingerprint density at radius 1 is 1.45 bits per heavy atom. The van der Waals surface area contributed by atoms with Gasteiger partial charge in [0.05, 0.1) is 5.60 Å². The van der Waals surface area contributed by atoms with Crippen molar-refractivity contribution in [1.82, 2.24) is 4.90 Å². The van der Waals surface area contributed by atoms with Crippen molar-refractivity contribution in [3.05, 3.63) is 0 Å². The zero-order valence-corrected chi connectivity index (χ0v) is 7.80. The van der Waals surface area contributed by atoms with E-state index in [2.05, 4.69) is 25.8 Å². The number of hydrogen-bond donors (Lipinski definition) is 1. The van der Waals surface area contributed by atoms with E-state index in [1.807, 2.05) is 0 Å². The molecule has 0 unspecified atom stereocenters. The Morgan fingerprint density at radius 3 is 2.36 bits per heavy atom. The molecule has 1 fully saturated rings. The Labute approximate surface area is 69.2 Å². The number of aliphatic hydroxyl groups is 1. The van der Waals surface area contributed by atoms with E-state index in [1.165, 1.54) is 0 Å². The van der Waals surface area contributed by atoms with Gasteiger partial charge in [0, 0.05) is 13.1 Å². The van der Waals surface area contributed by atoms with Crippen LogP contribution in [-0.4, -0.2) is 35.7 Å². The summed E-state index contributed by atoms with van der Waals surface area (Å²) in [5, 5.41) is 9.57. The summed E-state index contributed by atoms with van der Waals surface area (Å²) in [5.41, 5.74) is -0.316. The molecule has 11 heavy (non-hydrogen) atoms. The van der Waals surface area contributed by atoms with Crippen LogP contribution in [0.4, 0.5) is 0 Å². The Balaban J connectivity index is 2.15. The fourth-order valence-electron chi connectivity index (χ4n) is 1.49. The second-order valence-corrected chi connectivity index (χ2v) is 4.31. The van der Waals surface area contributed by atoms with Gasteiger partial charge in [0.25, 0.3) is 0 Å². The van der Waals surface area contributed by atoms with Crippen LogP contribution in [0.5, 0.6) is 0 Å². The van der Waals surface area contributed by atoms with E-state index >= 15 is 0 Å². The SMILES string of the molecule is CC(C)CN(C)CC1(O)CC1. The maximum atomic E-state index is 9.57. The maximum absolute atomic E-state index is 9.57. The summed E-state index contributed by atoms with van der Waals surface area (Å²) >= 11 is 0. The highest BCUT2D eigenvalue weighted by molar-refractivity contribution is 4.95. The third-order valence-electron chi connectivity index (χ3n) is 2.07. The average molecular weight is 157 g/mol. The highest BCUT2D eigenvalue weighted by Gasteiger charge is 2.40. The van der Waals surface area contributed by atoms with Gasteiger partial charge < -0.3 is 10.0 Å². The second-order valence-electron chi connectivity index (χ2n) is 4.31. The minimum absolute atomic E-state index is 0.316. The topological polar surface area (TPSA) is 23.5 Å². The van der Waals surface area contributed by atoms with Crippen LogP contribution in [0.3, 0.4) is 0 Å². The highest BCUT2D eigenvalue weighted by atomic mass is 16.3. The molecule has 0 spiro atoms. The van der Waals surface area contributed by atoms with Crippen molar-refractivity contribution in [1.29, 1.82) is 0 Å². The first-order valence-corrected chi connectivity index (χ1v) is 4.43. The summed E-state index contributed by atoms with van der Waals surface area (Å²) in [4.78, 5) is 2.22. The smallest absolute Gasteiger partial charge is 0.0776 e. The zero-order chi connectivity index (χ0) is 8.48. The van der Waals surface area contributed by atoms with Crippen LogP contribution in [0.1, 0.15) is 26.7 Å². The predicted molar refractivity (Wildman–Crippen MR) is 46.5 cm³/mol. The third-order valence-corrected chi connectivity index (χ3v) is 2.07. The lowest BCUT2D eigenvalue weighted by atomic mass is 10.2. The maximum Gasteiger partial charge on any atom is 0.0776 e. The molecule has 0 radical (unpaired) electrons. The van der Waals surface area contributed by atoms with Gasteiger partial charge in [0.1, 0.15) is 0 Å². The molecular weight excluding hydrogens is 138 g/mol. The molecule has 0 aliphatic heterocycles. The van der Waals surface area contributed by atoms with E-state index in [0.29, 0.717) is 5.92 Å². The van der Waals surface area contributed by atoms with Gasteiger partial charge in [-0.15, -0.1) is 0 Å². The van der Waals surface area contributed by atoms with Crippen LogP contribution in [0.2, 0.25) is 0 Å². The van der Waals surface area contributed by atoms with Crippen molar-refractivity contribution in [2.24, 2.45) is 5.92 Å². The molecule has 66 valence electrons. The second kappa shape index (κ2) is 3.11. The van der Waals surface area contributed by atoms with Gasteiger partial charge in [0.15, 0.2) is 0 Å². The van der Waals surface area contributed by atoms with Gasteiger partial charge in [-0.05, 0) is 25.8 Å². The number of hydrogen-bond acceptors (Lipinski definition) is 2. The Hall–Kier alpha value is -0.0800. The lowest BCUT2D eigenvalue weighted by Gasteiger charge is -2.21. The fourth-order valence-corrected chi connectivity index (χ4v) is 1.49. The van der Waals surface area contributed by atoms with E-state index in [0.717, 1.165) is 25.9 Å². The minimum Gasteiger partial charge on any atom is -0.389 e. The van der Waals surface area contributed by atoms with Crippen molar-refractivity contribution >= 4 is 0 Å². The highest BCUT2D eigenvalue weighted by Crippen LogP contribution is 2.35. The van der Waals surface area contributed by atoms with E-state index in [-0.39, 0.29) is 5.60 Å². The summed E-state index contributed by atoms with van der Waals surface area (Å²) in [7, 11) is 2.08. The molecule has 1 rings (SSSR count). The van der Waals surface area contributed by atoms with E-state index < -0.39 is 0 Å². The Morgan fingerprint density at radius 2 is 2.00 bits per heavy atom. The normalized spacial score (nSPS) is 21.3. The van der Waals surface area contributed by atoms with Crippen LogP contribution >= 0.6 is 0 Å². The van der Waals surface area contributed by atoms with Crippen LogP contribution in [0.15, 0.2) is 0 Å². The summed E-state index contributed by atoms with van der Waals surface area (Å²) < 4.78 is 0. The van der Waals surface area contributed by atoms with Crippen molar-refractivity contribution in [3.63, 3.8) is 0 Å².